The van der Waals surface area contributed by atoms with Crippen LogP contribution in [0.3, 0.4) is 0 Å². The lowest BCUT2D eigenvalue weighted by Gasteiger charge is -2.03. The van der Waals surface area contributed by atoms with Gasteiger partial charge < -0.3 is 4.90 Å². The van der Waals surface area contributed by atoms with Crippen molar-refractivity contribution >= 4 is 0 Å². The molecule has 0 N–H and O–H groups in total. The van der Waals surface area contributed by atoms with E-state index in [1.165, 1.54) is 0 Å². The average molecular weight is 135 g/mol. The Morgan fingerprint density at radius 2 is 2.10 bits per heavy atom. The van der Waals surface area contributed by atoms with E-state index in [0.717, 1.165) is 0 Å². The number of hydrogen-bond acceptors (Lipinski definition) is 3. The fraction of sp³-hybridized carbons (Fsp3) is 0.429. The van der Waals surface area contributed by atoms with Gasteiger partial charge in [-0.2, -0.15) is 10.5 Å². The lowest BCUT2D eigenvalue weighted by atomic mass is 10.2. The summed E-state index contributed by atoms with van der Waals surface area (Å²) in [5.74, 6) is 0. The zero-order valence-corrected chi connectivity index (χ0v) is 6.13. The van der Waals surface area contributed by atoms with E-state index in [1.807, 2.05) is 26.2 Å². The Hall–Kier alpha value is -1.48. The van der Waals surface area contributed by atoms with Gasteiger partial charge in [-0.25, -0.2) is 0 Å². The lowest BCUT2D eigenvalue weighted by Crippen LogP contribution is -2.02. The second kappa shape index (κ2) is 4.40. The molecule has 0 fully saturated rings. The maximum absolute atomic E-state index is 8.41. The van der Waals surface area contributed by atoms with Gasteiger partial charge in [0, 0.05) is 20.3 Å². The normalized spacial score (nSPS) is 9.80. The van der Waals surface area contributed by atoms with Crippen LogP contribution >= 0.6 is 0 Å². The molecular formula is C7H9N3. The fourth-order valence-electron chi connectivity index (χ4n) is 0.511. The van der Waals surface area contributed by atoms with E-state index in [-0.39, 0.29) is 6.42 Å². The Kier molecular flexibility index (Phi) is 3.75. The summed E-state index contributed by atoms with van der Waals surface area (Å²) < 4.78 is 0. The molecule has 0 rings (SSSR count). The van der Waals surface area contributed by atoms with Crippen molar-refractivity contribution in [3.8, 4) is 12.1 Å². The molecule has 0 bridgehead atoms. The van der Waals surface area contributed by atoms with Crippen LogP contribution in [0.5, 0.6) is 0 Å². The summed E-state index contributed by atoms with van der Waals surface area (Å²) in [7, 11) is 3.63. The minimum atomic E-state index is 0.189. The lowest BCUT2D eigenvalue weighted by molar-refractivity contribution is 0.559. The van der Waals surface area contributed by atoms with Gasteiger partial charge in [-0.15, -0.1) is 0 Å². The van der Waals surface area contributed by atoms with Gasteiger partial charge in [-0.1, -0.05) is 0 Å². The predicted molar refractivity (Wildman–Crippen MR) is 37.6 cm³/mol. The molecule has 0 heterocycles. The van der Waals surface area contributed by atoms with E-state index in [0.29, 0.717) is 5.57 Å². The predicted octanol–water partition coefficient (Wildman–Crippen LogP) is 0.869. The van der Waals surface area contributed by atoms with Crippen molar-refractivity contribution in [1.29, 1.82) is 10.5 Å². The highest BCUT2D eigenvalue weighted by Gasteiger charge is 1.92. The van der Waals surface area contributed by atoms with Gasteiger partial charge in [-0.05, 0) is 0 Å². The molecule has 0 aliphatic carbocycles. The first-order valence-corrected chi connectivity index (χ1v) is 2.85. The molecule has 0 radical (unpaired) electrons. The van der Waals surface area contributed by atoms with Crippen LogP contribution in [0, 0.1) is 22.7 Å². The van der Waals surface area contributed by atoms with Gasteiger partial charge in [0.05, 0.1) is 24.1 Å². The molecule has 0 saturated heterocycles. The third-order valence-corrected chi connectivity index (χ3v) is 0.827. The van der Waals surface area contributed by atoms with E-state index in [4.69, 9.17) is 10.5 Å². The largest absolute Gasteiger partial charge is 0.383 e. The molecular weight excluding hydrogens is 126 g/mol. The molecule has 0 aromatic carbocycles. The van der Waals surface area contributed by atoms with Gasteiger partial charge in [0.15, 0.2) is 0 Å². The summed E-state index contributed by atoms with van der Waals surface area (Å²) in [5, 5.41) is 16.6. The van der Waals surface area contributed by atoms with Crippen molar-refractivity contribution in [3.63, 3.8) is 0 Å². The molecule has 0 amide bonds. The van der Waals surface area contributed by atoms with E-state index < -0.39 is 0 Å². The quantitative estimate of drug-likeness (QED) is 0.528. The van der Waals surface area contributed by atoms with Crippen LogP contribution in [0.1, 0.15) is 6.42 Å². The summed E-state index contributed by atoms with van der Waals surface area (Å²) in [6.45, 7) is 0. The second-order valence-electron chi connectivity index (χ2n) is 2.06. The molecule has 10 heavy (non-hydrogen) atoms. The summed E-state index contributed by atoms with van der Waals surface area (Å²) in [6, 6.07) is 3.84. The van der Waals surface area contributed by atoms with Crippen LogP contribution in [-0.4, -0.2) is 19.0 Å². The Balaban J connectivity index is 4.11. The smallest absolute Gasteiger partial charge is 0.0973 e. The fourth-order valence-corrected chi connectivity index (χ4v) is 0.511. The van der Waals surface area contributed by atoms with Crippen molar-refractivity contribution in [2.45, 2.75) is 6.42 Å². The Morgan fingerprint density at radius 3 is 2.40 bits per heavy atom. The third-order valence-electron chi connectivity index (χ3n) is 0.827. The zero-order valence-electron chi connectivity index (χ0n) is 6.13. The molecule has 52 valence electrons. The summed E-state index contributed by atoms with van der Waals surface area (Å²) in [4.78, 5) is 1.75. The van der Waals surface area contributed by atoms with Gasteiger partial charge >= 0.3 is 0 Å². The third kappa shape index (κ3) is 3.51. The molecule has 0 aliphatic rings. The standard InChI is InChI=1S/C7H9N3/c1-10(2)6-7(5-9)3-4-8/h6H,3H2,1-2H3. The number of rotatable bonds is 2. The highest BCUT2D eigenvalue weighted by molar-refractivity contribution is 5.23. The highest BCUT2D eigenvalue weighted by Crippen LogP contribution is 1.97. The summed E-state index contributed by atoms with van der Waals surface area (Å²) in [6.07, 6.45) is 1.83. The number of nitrogens with zero attached hydrogens (tertiary/aromatic N) is 3. The molecule has 0 spiro atoms. The van der Waals surface area contributed by atoms with Gasteiger partial charge in [-0.3, -0.25) is 0 Å². The monoisotopic (exact) mass is 135 g/mol. The Morgan fingerprint density at radius 1 is 1.50 bits per heavy atom. The first kappa shape index (κ1) is 8.52. The second-order valence-corrected chi connectivity index (χ2v) is 2.06. The number of hydrogen-bond donors (Lipinski definition) is 0. The van der Waals surface area contributed by atoms with Crippen LogP contribution in [0.4, 0.5) is 0 Å². The highest BCUT2D eigenvalue weighted by atomic mass is 15.0. The maximum Gasteiger partial charge on any atom is 0.0973 e. The van der Waals surface area contributed by atoms with Crippen LogP contribution in [0.15, 0.2) is 11.8 Å². The van der Waals surface area contributed by atoms with Gasteiger partial charge in [0.25, 0.3) is 0 Å². The number of allylic oxidation sites excluding steroid dienone is 1. The van der Waals surface area contributed by atoms with E-state index >= 15 is 0 Å². The van der Waals surface area contributed by atoms with E-state index in [9.17, 15) is 0 Å². The average Bonchev–Trinajstić information content (AvgIpc) is 1.86. The summed E-state index contributed by atoms with van der Waals surface area (Å²) >= 11 is 0. The Bertz CT molecular complexity index is 202. The topological polar surface area (TPSA) is 50.8 Å². The van der Waals surface area contributed by atoms with E-state index in [2.05, 4.69) is 0 Å². The SMILES string of the molecule is CN(C)C=C(C#N)CC#N. The van der Waals surface area contributed by atoms with Crippen LogP contribution in [0.25, 0.3) is 0 Å². The first-order chi connectivity index (χ1) is 4.70. The molecule has 3 nitrogen and oxygen atoms in total. The molecule has 0 saturated carbocycles. The van der Waals surface area contributed by atoms with E-state index in [1.54, 1.807) is 11.1 Å². The van der Waals surface area contributed by atoms with Crippen molar-refractivity contribution in [3.05, 3.63) is 11.8 Å². The Labute approximate surface area is 60.8 Å². The summed E-state index contributed by atoms with van der Waals surface area (Å²) in [5.41, 5.74) is 0.493. The van der Waals surface area contributed by atoms with Crippen molar-refractivity contribution in [1.82, 2.24) is 4.90 Å². The van der Waals surface area contributed by atoms with Crippen LogP contribution in [0.2, 0.25) is 0 Å². The van der Waals surface area contributed by atoms with Crippen LogP contribution < -0.4 is 0 Å². The minimum Gasteiger partial charge on any atom is -0.383 e. The molecule has 0 unspecified atom stereocenters. The molecule has 0 aromatic heterocycles. The van der Waals surface area contributed by atoms with Gasteiger partial charge in [0.1, 0.15) is 0 Å². The zero-order chi connectivity index (χ0) is 7.98. The first-order valence-electron chi connectivity index (χ1n) is 2.85. The van der Waals surface area contributed by atoms with Crippen LogP contribution in [-0.2, 0) is 0 Å². The van der Waals surface area contributed by atoms with Crippen molar-refractivity contribution in [2.75, 3.05) is 14.1 Å². The van der Waals surface area contributed by atoms with Crippen molar-refractivity contribution in [2.24, 2.45) is 0 Å². The van der Waals surface area contributed by atoms with Crippen molar-refractivity contribution < 1.29 is 0 Å². The molecule has 0 aliphatic heterocycles. The molecule has 0 aromatic rings. The molecule has 0 atom stereocenters. The van der Waals surface area contributed by atoms with Gasteiger partial charge in [0.2, 0.25) is 0 Å². The minimum absolute atomic E-state index is 0.189. The number of nitriles is 2. The maximum atomic E-state index is 8.41. The molecule has 3 heteroatoms.